The molecule has 0 aromatic carbocycles. The molecule has 0 aliphatic heterocycles. The number of hydrogen-bond donors (Lipinski definition) is 0. The van der Waals surface area contributed by atoms with Crippen LogP contribution in [0, 0.1) is 0 Å². The van der Waals surface area contributed by atoms with E-state index in [2.05, 4.69) is 36.5 Å². The quantitative estimate of drug-likeness (QED) is 0.790. The van der Waals surface area contributed by atoms with E-state index in [0.717, 1.165) is 12.8 Å². The second-order valence-corrected chi connectivity index (χ2v) is 11.9. The van der Waals surface area contributed by atoms with Crippen LogP contribution in [0.3, 0.4) is 0 Å². The van der Waals surface area contributed by atoms with Crippen LogP contribution in [0.25, 0.3) is 0 Å². The van der Waals surface area contributed by atoms with E-state index >= 15 is 0 Å². The van der Waals surface area contributed by atoms with Crippen LogP contribution < -0.4 is 0 Å². The molecule has 0 radical (unpaired) electrons. The van der Waals surface area contributed by atoms with E-state index in [1.165, 1.54) is 6.56 Å². The van der Waals surface area contributed by atoms with Gasteiger partial charge >= 0.3 is 96.9 Å². The van der Waals surface area contributed by atoms with Crippen molar-refractivity contribution in [2.45, 2.75) is 12.8 Å². The van der Waals surface area contributed by atoms with Crippen molar-refractivity contribution in [3.05, 3.63) is 43.0 Å². The van der Waals surface area contributed by atoms with Gasteiger partial charge in [-0.1, -0.05) is 0 Å². The Morgan fingerprint density at radius 3 is 1.67 bits per heavy atom. The Morgan fingerprint density at radius 2 is 1.40 bits per heavy atom. The summed E-state index contributed by atoms with van der Waals surface area (Å²) < 4.78 is 14.4. The topological polar surface area (TPSA) is 18.5 Å². The molecule has 0 spiro atoms. The van der Waals surface area contributed by atoms with Crippen LogP contribution in [0.1, 0.15) is 12.8 Å². The third-order valence-corrected chi connectivity index (χ3v) is 11.8. The summed E-state index contributed by atoms with van der Waals surface area (Å²) in [6, 6.07) is 0. The van der Waals surface area contributed by atoms with E-state index in [9.17, 15) is 0 Å². The van der Waals surface area contributed by atoms with Crippen LogP contribution >= 0.6 is 0 Å². The first-order valence-corrected chi connectivity index (χ1v) is 9.62. The van der Waals surface area contributed by atoms with E-state index in [4.69, 9.17) is 5.63 Å². The van der Waals surface area contributed by atoms with Gasteiger partial charge < -0.3 is 0 Å². The monoisotopic (exact) mass is 282 g/mol. The number of hydrogen-bond acceptors (Lipinski definition) is 2. The van der Waals surface area contributed by atoms with E-state index < -0.39 is 21.1 Å². The predicted octanol–water partition coefficient (Wildman–Crippen LogP) is 2.95. The molecule has 2 rings (SSSR count). The van der Waals surface area contributed by atoms with Crippen LogP contribution in [-0.4, -0.2) is 14.2 Å². The molecule has 0 unspecified atom stereocenters. The zero-order chi connectivity index (χ0) is 10.7. The molecule has 0 bridgehead atoms. The predicted molar refractivity (Wildman–Crippen MR) is 57.7 cm³/mol. The van der Waals surface area contributed by atoms with Gasteiger partial charge in [0.2, 0.25) is 0 Å². The second kappa shape index (κ2) is 4.73. The molecule has 3 heteroatoms. The summed E-state index contributed by atoms with van der Waals surface area (Å²) in [5, 5.41) is 0. The summed E-state index contributed by atoms with van der Waals surface area (Å²) >= 11 is -3.11. The summed E-state index contributed by atoms with van der Waals surface area (Å²) in [7, 11) is 3.58. The zero-order valence-electron chi connectivity index (χ0n) is 9.19. The maximum absolute atomic E-state index is 5.83. The standard InChI is InChI=1S/2C5H5.2CH3O.Zr/c2*1-2-4-5-3-1;2*1-2;/h2*1-3H,4H2;2*1H3;/q;;2*-1;+2. The molecule has 0 saturated carbocycles. The summed E-state index contributed by atoms with van der Waals surface area (Å²) in [5.41, 5.74) is 0. The molecule has 2 aliphatic rings. The van der Waals surface area contributed by atoms with E-state index in [1.807, 2.05) is 0 Å². The first kappa shape index (κ1) is 11.3. The Morgan fingerprint density at radius 1 is 0.933 bits per heavy atom. The molecule has 0 N–H and O–H groups in total. The van der Waals surface area contributed by atoms with Crippen molar-refractivity contribution in [2.75, 3.05) is 14.2 Å². The van der Waals surface area contributed by atoms with Crippen molar-refractivity contribution < 1.29 is 26.8 Å². The summed E-state index contributed by atoms with van der Waals surface area (Å²) in [6.45, 7) is 0. The number of allylic oxidation sites excluding steroid dienone is 8. The minimum absolute atomic E-state index is 0.995. The molecule has 0 aromatic heterocycles. The fourth-order valence-electron chi connectivity index (χ4n) is 2.20. The van der Waals surface area contributed by atoms with Gasteiger partial charge in [0.15, 0.2) is 0 Å². The molecule has 0 amide bonds. The Balaban J connectivity index is 2.31. The van der Waals surface area contributed by atoms with Gasteiger partial charge in [-0.2, -0.15) is 0 Å². The first-order valence-electron chi connectivity index (χ1n) is 5.16. The van der Waals surface area contributed by atoms with E-state index in [1.54, 1.807) is 14.2 Å². The molecule has 0 atom stereocenters. The molecule has 0 fully saturated rings. The Bertz CT molecular complexity index is 328. The molecule has 2 aliphatic carbocycles. The maximum atomic E-state index is 5.83. The van der Waals surface area contributed by atoms with Gasteiger partial charge in [0.1, 0.15) is 0 Å². The normalized spacial score (nSPS) is 19.6. The van der Waals surface area contributed by atoms with Crippen molar-refractivity contribution in [1.29, 1.82) is 0 Å². The van der Waals surface area contributed by atoms with Gasteiger partial charge in [-0.05, 0) is 0 Å². The summed E-state index contributed by atoms with van der Waals surface area (Å²) in [4.78, 5) is 0. The van der Waals surface area contributed by atoms with Crippen molar-refractivity contribution in [1.82, 2.24) is 0 Å². The fraction of sp³-hybridized carbons (Fsp3) is 0.333. The Hall–Kier alpha value is -0.237. The third kappa shape index (κ3) is 1.89. The van der Waals surface area contributed by atoms with Crippen LogP contribution in [0.4, 0.5) is 0 Å². The van der Waals surface area contributed by atoms with Crippen molar-refractivity contribution in [2.24, 2.45) is 0 Å². The molecular formula is C12H16O2Zr. The van der Waals surface area contributed by atoms with Gasteiger partial charge in [-0.15, -0.1) is 0 Å². The van der Waals surface area contributed by atoms with Gasteiger partial charge in [-0.3, -0.25) is 0 Å². The number of rotatable bonds is 4. The van der Waals surface area contributed by atoms with Gasteiger partial charge in [-0.25, -0.2) is 0 Å². The minimum atomic E-state index is -3.11. The molecule has 15 heavy (non-hydrogen) atoms. The van der Waals surface area contributed by atoms with E-state index in [0.29, 0.717) is 0 Å². The fourth-order valence-corrected chi connectivity index (χ4v) is 9.65. The van der Waals surface area contributed by atoms with Crippen LogP contribution in [0.5, 0.6) is 0 Å². The van der Waals surface area contributed by atoms with Gasteiger partial charge in [0, 0.05) is 0 Å². The molecule has 0 saturated heterocycles. The second-order valence-electron chi connectivity index (χ2n) is 3.67. The zero-order valence-corrected chi connectivity index (χ0v) is 11.7. The average molecular weight is 283 g/mol. The van der Waals surface area contributed by atoms with Crippen molar-refractivity contribution >= 4 is 0 Å². The van der Waals surface area contributed by atoms with Crippen molar-refractivity contribution in [3.63, 3.8) is 0 Å². The summed E-state index contributed by atoms with van der Waals surface area (Å²) in [5.74, 6) is 0. The average Bonchev–Trinajstić information content (AvgIpc) is 2.92. The summed E-state index contributed by atoms with van der Waals surface area (Å²) in [6.07, 6.45) is 14.9. The first-order chi connectivity index (χ1) is 7.33. The van der Waals surface area contributed by atoms with E-state index in [-0.39, 0.29) is 0 Å². The molecule has 2 nitrogen and oxygen atoms in total. The molecular weight excluding hydrogens is 267 g/mol. The molecule has 80 valence electrons. The van der Waals surface area contributed by atoms with Crippen LogP contribution in [0.15, 0.2) is 43.0 Å². The molecule has 0 aromatic rings. The van der Waals surface area contributed by atoms with Gasteiger partial charge in [0.25, 0.3) is 0 Å². The van der Waals surface area contributed by atoms with Crippen LogP contribution in [-0.2, 0) is 26.8 Å². The third-order valence-electron chi connectivity index (χ3n) is 2.96. The van der Waals surface area contributed by atoms with Gasteiger partial charge in [0.05, 0.1) is 0 Å². The van der Waals surface area contributed by atoms with Crippen LogP contribution in [0.2, 0.25) is 0 Å². The Labute approximate surface area is 96.6 Å². The SMILES string of the molecule is C[O][Zr]([O]C)([C]1=CC=CC1)[C]1=CC=CC1. The molecule has 0 heterocycles. The Kier molecular flexibility index (Phi) is 3.55. The van der Waals surface area contributed by atoms with Crippen molar-refractivity contribution in [3.8, 4) is 0 Å².